The Morgan fingerprint density at radius 1 is 1.53 bits per heavy atom. The summed E-state index contributed by atoms with van der Waals surface area (Å²) in [5.41, 5.74) is 6.09. The predicted octanol–water partition coefficient (Wildman–Crippen LogP) is 0.388. The standard InChI is InChI=1S/C9H11N5O/c1-6(10)9-7(15)4-14(13-9)8-2-3-11-5-12-8/h2-6,15H,10H2,1H3. The van der Waals surface area contributed by atoms with Crippen LogP contribution in [-0.4, -0.2) is 24.9 Å². The Bertz CT molecular complexity index is 451. The third-order valence-electron chi connectivity index (χ3n) is 1.95. The first kappa shape index (κ1) is 9.60. The first-order valence-electron chi connectivity index (χ1n) is 4.49. The van der Waals surface area contributed by atoms with Crippen LogP contribution in [0.15, 0.2) is 24.8 Å². The summed E-state index contributed by atoms with van der Waals surface area (Å²) in [7, 11) is 0. The topological polar surface area (TPSA) is 89.9 Å². The van der Waals surface area contributed by atoms with Gasteiger partial charge in [-0.15, -0.1) is 0 Å². The monoisotopic (exact) mass is 205 g/mol. The van der Waals surface area contributed by atoms with E-state index in [-0.39, 0.29) is 11.8 Å². The van der Waals surface area contributed by atoms with Crippen molar-refractivity contribution in [2.24, 2.45) is 5.73 Å². The van der Waals surface area contributed by atoms with Crippen molar-refractivity contribution in [3.63, 3.8) is 0 Å². The first-order chi connectivity index (χ1) is 7.18. The molecular formula is C9H11N5O. The van der Waals surface area contributed by atoms with Crippen molar-refractivity contribution in [3.8, 4) is 11.6 Å². The molecule has 0 saturated heterocycles. The summed E-state index contributed by atoms with van der Waals surface area (Å²) >= 11 is 0. The SMILES string of the molecule is CC(N)c1nn(-c2ccncn2)cc1O. The molecular weight excluding hydrogens is 194 g/mol. The van der Waals surface area contributed by atoms with Crippen LogP contribution in [0, 0.1) is 0 Å². The molecule has 0 amide bonds. The lowest BCUT2D eigenvalue weighted by Gasteiger charge is -2.00. The van der Waals surface area contributed by atoms with Crippen molar-refractivity contribution < 1.29 is 5.11 Å². The van der Waals surface area contributed by atoms with Gasteiger partial charge in [-0.05, 0) is 6.92 Å². The van der Waals surface area contributed by atoms with E-state index >= 15 is 0 Å². The van der Waals surface area contributed by atoms with Crippen molar-refractivity contribution in [2.45, 2.75) is 13.0 Å². The lowest BCUT2D eigenvalue weighted by Crippen LogP contribution is -2.07. The Hall–Kier alpha value is -1.95. The molecule has 0 aromatic carbocycles. The second-order valence-electron chi connectivity index (χ2n) is 3.20. The highest BCUT2D eigenvalue weighted by molar-refractivity contribution is 5.30. The second-order valence-corrected chi connectivity index (χ2v) is 3.20. The maximum absolute atomic E-state index is 9.56. The number of nitrogens with zero attached hydrogens (tertiary/aromatic N) is 4. The van der Waals surface area contributed by atoms with Crippen LogP contribution in [0.2, 0.25) is 0 Å². The average molecular weight is 205 g/mol. The van der Waals surface area contributed by atoms with E-state index in [0.717, 1.165) is 0 Å². The molecule has 3 N–H and O–H groups in total. The fourth-order valence-electron chi connectivity index (χ4n) is 1.24. The molecule has 0 aliphatic carbocycles. The number of hydrogen-bond donors (Lipinski definition) is 2. The molecule has 1 atom stereocenters. The van der Waals surface area contributed by atoms with Crippen LogP contribution in [0.25, 0.3) is 5.82 Å². The van der Waals surface area contributed by atoms with Crippen molar-refractivity contribution in [3.05, 3.63) is 30.5 Å². The van der Waals surface area contributed by atoms with Gasteiger partial charge in [0.1, 0.15) is 12.0 Å². The molecule has 0 saturated carbocycles. The van der Waals surface area contributed by atoms with Crippen LogP contribution < -0.4 is 5.73 Å². The second kappa shape index (κ2) is 3.66. The number of hydrogen-bond acceptors (Lipinski definition) is 5. The molecule has 0 aliphatic rings. The third-order valence-corrected chi connectivity index (χ3v) is 1.95. The van der Waals surface area contributed by atoms with Gasteiger partial charge in [0.15, 0.2) is 11.6 Å². The summed E-state index contributed by atoms with van der Waals surface area (Å²) in [6.45, 7) is 1.76. The minimum atomic E-state index is -0.312. The maximum atomic E-state index is 9.56. The summed E-state index contributed by atoms with van der Waals surface area (Å²) in [6, 6.07) is 1.38. The van der Waals surface area contributed by atoms with Gasteiger partial charge in [-0.1, -0.05) is 0 Å². The third kappa shape index (κ3) is 1.79. The molecule has 1 unspecified atom stereocenters. The minimum Gasteiger partial charge on any atom is -0.504 e. The normalized spacial score (nSPS) is 12.7. The minimum absolute atomic E-state index is 0.0728. The van der Waals surface area contributed by atoms with Gasteiger partial charge in [0.05, 0.1) is 6.20 Å². The Balaban J connectivity index is 2.43. The Labute approximate surface area is 86.4 Å². The number of aromatic nitrogens is 4. The van der Waals surface area contributed by atoms with Crippen LogP contribution in [0.1, 0.15) is 18.7 Å². The fraction of sp³-hybridized carbons (Fsp3) is 0.222. The Kier molecular flexibility index (Phi) is 2.34. The zero-order valence-corrected chi connectivity index (χ0v) is 8.20. The number of rotatable bonds is 2. The van der Waals surface area contributed by atoms with Crippen LogP contribution >= 0.6 is 0 Å². The Morgan fingerprint density at radius 2 is 2.33 bits per heavy atom. The van der Waals surface area contributed by atoms with E-state index < -0.39 is 0 Å². The molecule has 2 heterocycles. The number of aromatic hydroxyl groups is 1. The summed E-state index contributed by atoms with van der Waals surface area (Å²) in [5, 5.41) is 13.7. The molecule has 0 aliphatic heterocycles. The highest BCUT2D eigenvalue weighted by Crippen LogP contribution is 2.21. The molecule has 2 aromatic heterocycles. The first-order valence-corrected chi connectivity index (χ1v) is 4.49. The van der Waals surface area contributed by atoms with Gasteiger partial charge in [-0.25, -0.2) is 14.6 Å². The van der Waals surface area contributed by atoms with Crippen LogP contribution in [0.5, 0.6) is 5.75 Å². The smallest absolute Gasteiger partial charge is 0.158 e. The highest BCUT2D eigenvalue weighted by Gasteiger charge is 2.12. The van der Waals surface area contributed by atoms with Gasteiger partial charge in [-0.3, -0.25) is 0 Å². The molecule has 2 aromatic rings. The lowest BCUT2D eigenvalue weighted by molar-refractivity contribution is 0.463. The largest absolute Gasteiger partial charge is 0.504 e. The zero-order valence-electron chi connectivity index (χ0n) is 8.20. The molecule has 0 bridgehead atoms. The van der Waals surface area contributed by atoms with E-state index in [2.05, 4.69) is 15.1 Å². The van der Waals surface area contributed by atoms with E-state index in [1.54, 1.807) is 19.2 Å². The van der Waals surface area contributed by atoms with E-state index in [9.17, 15) is 5.11 Å². The highest BCUT2D eigenvalue weighted by atomic mass is 16.3. The molecule has 0 fully saturated rings. The maximum Gasteiger partial charge on any atom is 0.158 e. The van der Waals surface area contributed by atoms with Gasteiger partial charge in [0.25, 0.3) is 0 Å². The quantitative estimate of drug-likeness (QED) is 0.740. The van der Waals surface area contributed by atoms with Crippen molar-refractivity contribution in [1.82, 2.24) is 19.7 Å². The zero-order chi connectivity index (χ0) is 10.8. The number of nitrogens with two attached hydrogens (primary N) is 1. The summed E-state index contributed by atoms with van der Waals surface area (Å²) in [5.74, 6) is 0.663. The predicted molar refractivity (Wildman–Crippen MR) is 53.4 cm³/mol. The van der Waals surface area contributed by atoms with E-state index in [1.807, 2.05) is 0 Å². The molecule has 0 radical (unpaired) electrons. The molecule has 6 nitrogen and oxygen atoms in total. The lowest BCUT2D eigenvalue weighted by atomic mass is 10.2. The summed E-state index contributed by atoms with van der Waals surface area (Å²) in [6.07, 6.45) is 4.49. The van der Waals surface area contributed by atoms with Gasteiger partial charge in [0, 0.05) is 18.3 Å². The van der Waals surface area contributed by atoms with Crippen molar-refractivity contribution in [2.75, 3.05) is 0 Å². The van der Waals surface area contributed by atoms with Crippen LogP contribution in [-0.2, 0) is 0 Å². The summed E-state index contributed by atoms with van der Waals surface area (Å²) < 4.78 is 1.47. The fourth-order valence-corrected chi connectivity index (χ4v) is 1.24. The van der Waals surface area contributed by atoms with Crippen molar-refractivity contribution in [1.29, 1.82) is 0 Å². The van der Waals surface area contributed by atoms with Crippen molar-refractivity contribution >= 4 is 0 Å². The van der Waals surface area contributed by atoms with E-state index in [0.29, 0.717) is 11.5 Å². The molecule has 2 rings (SSSR count). The molecule has 78 valence electrons. The molecule has 0 spiro atoms. The summed E-state index contributed by atoms with van der Waals surface area (Å²) in [4.78, 5) is 7.80. The Morgan fingerprint density at radius 3 is 2.87 bits per heavy atom. The van der Waals surface area contributed by atoms with E-state index in [4.69, 9.17) is 5.73 Å². The van der Waals surface area contributed by atoms with Gasteiger partial charge < -0.3 is 10.8 Å². The average Bonchev–Trinajstić information content (AvgIpc) is 2.62. The van der Waals surface area contributed by atoms with Gasteiger partial charge in [-0.2, -0.15) is 5.10 Å². The van der Waals surface area contributed by atoms with Gasteiger partial charge >= 0.3 is 0 Å². The molecule has 15 heavy (non-hydrogen) atoms. The van der Waals surface area contributed by atoms with Crippen LogP contribution in [0.3, 0.4) is 0 Å². The molecule has 6 heteroatoms. The van der Waals surface area contributed by atoms with Gasteiger partial charge in [0.2, 0.25) is 0 Å². The van der Waals surface area contributed by atoms with Crippen LogP contribution in [0.4, 0.5) is 0 Å². The van der Waals surface area contributed by atoms with E-state index in [1.165, 1.54) is 17.2 Å².